The van der Waals surface area contributed by atoms with Crippen LogP contribution in [0.5, 0.6) is 0 Å². The summed E-state index contributed by atoms with van der Waals surface area (Å²) in [7, 11) is 0. The normalized spacial score (nSPS) is 10.2. The highest BCUT2D eigenvalue weighted by Crippen LogP contribution is 2.20. The SMILES string of the molecule is CCN(CC(N)=O)c1ccc(F)cc1CN. The smallest absolute Gasteiger partial charge is 0.236 e. The number of likely N-dealkylation sites (N-methyl/N-ethyl adjacent to an activating group) is 1. The third-order valence-corrected chi connectivity index (χ3v) is 2.33. The molecule has 0 atom stereocenters. The third-order valence-electron chi connectivity index (χ3n) is 2.33. The van der Waals surface area contributed by atoms with E-state index < -0.39 is 5.91 Å². The molecule has 16 heavy (non-hydrogen) atoms. The average Bonchev–Trinajstić information content (AvgIpc) is 2.25. The molecule has 0 unspecified atom stereocenters. The van der Waals surface area contributed by atoms with Crippen molar-refractivity contribution in [3.63, 3.8) is 0 Å². The number of carbonyl (C=O) groups is 1. The van der Waals surface area contributed by atoms with Crippen molar-refractivity contribution in [3.8, 4) is 0 Å². The van der Waals surface area contributed by atoms with Crippen molar-refractivity contribution in [1.29, 1.82) is 0 Å². The second kappa shape index (κ2) is 5.46. The van der Waals surface area contributed by atoms with E-state index in [2.05, 4.69) is 0 Å². The van der Waals surface area contributed by atoms with E-state index in [-0.39, 0.29) is 18.9 Å². The predicted octanol–water partition coefficient (Wildman–Crippen LogP) is 0.596. The number of halogens is 1. The molecule has 0 saturated heterocycles. The van der Waals surface area contributed by atoms with Gasteiger partial charge in [-0.15, -0.1) is 0 Å². The molecule has 0 radical (unpaired) electrons. The summed E-state index contributed by atoms with van der Waals surface area (Å²) in [6.45, 7) is 2.84. The van der Waals surface area contributed by atoms with Gasteiger partial charge in [-0.3, -0.25) is 4.79 Å². The maximum absolute atomic E-state index is 13.0. The highest BCUT2D eigenvalue weighted by atomic mass is 19.1. The molecule has 0 heterocycles. The molecular formula is C11H16FN3O. The van der Waals surface area contributed by atoms with E-state index in [9.17, 15) is 9.18 Å². The number of primary amides is 1. The first-order valence-corrected chi connectivity index (χ1v) is 5.10. The number of hydrogen-bond acceptors (Lipinski definition) is 3. The van der Waals surface area contributed by atoms with Gasteiger partial charge in [0.15, 0.2) is 0 Å². The van der Waals surface area contributed by atoms with Crippen LogP contribution in [0.4, 0.5) is 10.1 Å². The molecule has 4 N–H and O–H groups in total. The minimum atomic E-state index is -0.422. The molecule has 0 fully saturated rings. The Hall–Kier alpha value is -1.62. The molecule has 0 aliphatic rings. The Kier molecular flexibility index (Phi) is 4.25. The monoisotopic (exact) mass is 225 g/mol. The maximum Gasteiger partial charge on any atom is 0.236 e. The van der Waals surface area contributed by atoms with Crippen LogP contribution in [0.1, 0.15) is 12.5 Å². The fourth-order valence-electron chi connectivity index (χ4n) is 1.58. The summed E-state index contributed by atoms with van der Waals surface area (Å²) in [6.07, 6.45) is 0. The molecule has 1 rings (SSSR count). The summed E-state index contributed by atoms with van der Waals surface area (Å²) in [5, 5.41) is 0. The van der Waals surface area contributed by atoms with Gasteiger partial charge in [-0.2, -0.15) is 0 Å². The maximum atomic E-state index is 13.0. The fraction of sp³-hybridized carbons (Fsp3) is 0.364. The van der Waals surface area contributed by atoms with Crippen molar-refractivity contribution in [1.82, 2.24) is 0 Å². The quantitative estimate of drug-likeness (QED) is 0.770. The Morgan fingerprint density at radius 1 is 1.50 bits per heavy atom. The lowest BCUT2D eigenvalue weighted by Gasteiger charge is -2.23. The van der Waals surface area contributed by atoms with Crippen molar-refractivity contribution in [2.75, 3.05) is 18.0 Å². The summed E-state index contributed by atoms with van der Waals surface area (Å²) in [4.78, 5) is 12.7. The molecule has 5 heteroatoms. The van der Waals surface area contributed by atoms with Gasteiger partial charge in [-0.1, -0.05) is 0 Å². The van der Waals surface area contributed by atoms with Gasteiger partial charge in [0.25, 0.3) is 0 Å². The van der Waals surface area contributed by atoms with Crippen LogP contribution in [0.2, 0.25) is 0 Å². The number of hydrogen-bond donors (Lipinski definition) is 2. The van der Waals surface area contributed by atoms with Crippen LogP contribution < -0.4 is 16.4 Å². The molecule has 1 amide bonds. The van der Waals surface area contributed by atoms with E-state index in [0.29, 0.717) is 12.1 Å². The average molecular weight is 225 g/mol. The van der Waals surface area contributed by atoms with Gasteiger partial charge in [0.05, 0.1) is 6.54 Å². The largest absolute Gasteiger partial charge is 0.368 e. The van der Waals surface area contributed by atoms with Crippen LogP contribution in [-0.4, -0.2) is 19.0 Å². The standard InChI is InChI=1S/C11H16FN3O/c1-2-15(7-11(14)16)10-4-3-9(12)5-8(10)6-13/h3-5H,2,6-7,13H2,1H3,(H2,14,16). The molecule has 0 aliphatic carbocycles. The van der Waals surface area contributed by atoms with Crippen LogP contribution in [0.25, 0.3) is 0 Å². The first-order chi connectivity index (χ1) is 7.58. The van der Waals surface area contributed by atoms with Gasteiger partial charge in [0.2, 0.25) is 5.91 Å². The fourth-order valence-corrected chi connectivity index (χ4v) is 1.58. The Balaban J connectivity index is 3.03. The lowest BCUT2D eigenvalue weighted by Crippen LogP contribution is -2.34. The van der Waals surface area contributed by atoms with Gasteiger partial charge < -0.3 is 16.4 Å². The highest BCUT2D eigenvalue weighted by molar-refractivity contribution is 5.79. The molecular weight excluding hydrogens is 209 g/mol. The zero-order valence-corrected chi connectivity index (χ0v) is 9.24. The predicted molar refractivity (Wildman–Crippen MR) is 61.4 cm³/mol. The number of rotatable bonds is 5. The molecule has 0 aromatic heterocycles. The van der Waals surface area contributed by atoms with Gasteiger partial charge >= 0.3 is 0 Å². The third kappa shape index (κ3) is 2.93. The van der Waals surface area contributed by atoms with Crippen molar-refractivity contribution < 1.29 is 9.18 Å². The molecule has 0 saturated carbocycles. The van der Waals surface area contributed by atoms with Gasteiger partial charge in [-0.25, -0.2) is 4.39 Å². The lowest BCUT2D eigenvalue weighted by atomic mass is 10.1. The van der Waals surface area contributed by atoms with E-state index in [0.717, 1.165) is 5.69 Å². The van der Waals surface area contributed by atoms with E-state index in [1.165, 1.54) is 12.1 Å². The second-order valence-corrected chi connectivity index (χ2v) is 3.46. The molecule has 1 aromatic carbocycles. The van der Waals surface area contributed by atoms with Crippen LogP contribution in [0, 0.1) is 5.82 Å². The number of nitrogens with two attached hydrogens (primary N) is 2. The number of anilines is 1. The molecule has 0 aliphatic heterocycles. The lowest BCUT2D eigenvalue weighted by molar-refractivity contribution is -0.116. The van der Waals surface area contributed by atoms with Crippen molar-refractivity contribution >= 4 is 11.6 Å². The Bertz CT molecular complexity index is 381. The first-order valence-electron chi connectivity index (χ1n) is 5.10. The molecule has 0 spiro atoms. The Morgan fingerprint density at radius 2 is 2.19 bits per heavy atom. The van der Waals surface area contributed by atoms with Crippen molar-refractivity contribution in [2.45, 2.75) is 13.5 Å². The number of amides is 1. The Morgan fingerprint density at radius 3 is 2.69 bits per heavy atom. The number of benzene rings is 1. The second-order valence-electron chi connectivity index (χ2n) is 3.46. The Labute approximate surface area is 94.0 Å². The zero-order chi connectivity index (χ0) is 12.1. The van der Waals surface area contributed by atoms with Crippen LogP contribution in [0.3, 0.4) is 0 Å². The van der Waals surface area contributed by atoms with Crippen LogP contribution in [-0.2, 0) is 11.3 Å². The summed E-state index contributed by atoms with van der Waals surface area (Å²) in [5.41, 5.74) is 12.1. The molecule has 4 nitrogen and oxygen atoms in total. The van der Waals surface area contributed by atoms with Crippen LogP contribution in [0.15, 0.2) is 18.2 Å². The topological polar surface area (TPSA) is 72.3 Å². The highest BCUT2D eigenvalue weighted by Gasteiger charge is 2.11. The van der Waals surface area contributed by atoms with E-state index in [1.807, 2.05) is 6.92 Å². The van der Waals surface area contributed by atoms with Gasteiger partial charge in [-0.05, 0) is 30.7 Å². The van der Waals surface area contributed by atoms with E-state index >= 15 is 0 Å². The number of carbonyl (C=O) groups excluding carboxylic acids is 1. The minimum Gasteiger partial charge on any atom is -0.368 e. The summed E-state index contributed by atoms with van der Waals surface area (Å²) < 4.78 is 13.0. The van der Waals surface area contributed by atoms with E-state index in [4.69, 9.17) is 11.5 Å². The molecule has 88 valence electrons. The zero-order valence-electron chi connectivity index (χ0n) is 9.24. The van der Waals surface area contributed by atoms with Crippen LogP contribution >= 0.6 is 0 Å². The first kappa shape index (κ1) is 12.4. The van der Waals surface area contributed by atoms with Gasteiger partial charge in [0.1, 0.15) is 5.82 Å². The van der Waals surface area contributed by atoms with Crippen molar-refractivity contribution in [2.24, 2.45) is 11.5 Å². The summed E-state index contributed by atoms with van der Waals surface area (Å²) in [5.74, 6) is -0.756. The van der Waals surface area contributed by atoms with E-state index in [1.54, 1.807) is 11.0 Å². The molecule has 1 aromatic rings. The summed E-state index contributed by atoms with van der Waals surface area (Å²) >= 11 is 0. The molecule has 0 bridgehead atoms. The van der Waals surface area contributed by atoms with Crippen molar-refractivity contribution in [3.05, 3.63) is 29.6 Å². The minimum absolute atomic E-state index is 0.106. The van der Waals surface area contributed by atoms with Gasteiger partial charge in [0, 0.05) is 18.8 Å². The summed E-state index contributed by atoms with van der Waals surface area (Å²) in [6, 6.07) is 4.33. The number of nitrogens with zero attached hydrogens (tertiary/aromatic N) is 1.